The second-order valence-corrected chi connectivity index (χ2v) is 11.2. The van der Waals surface area contributed by atoms with Gasteiger partial charge in [-0.2, -0.15) is 4.31 Å². The lowest BCUT2D eigenvalue weighted by Crippen LogP contribution is -2.32. The Morgan fingerprint density at radius 3 is 2.22 bits per heavy atom. The molecule has 0 radical (unpaired) electrons. The molecule has 0 bridgehead atoms. The molecule has 1 aliphatic heterocycles. The van der Waals surface area contributed by atoms with Crippen molar-refractivity contribution in [2.75, 3.05) is 25.0 Å². The van der Waals surface area contributed by atoms with E-state index in [9.17, 15) is 18.0 Å². The van der Waals surface area contributed by atoms with Crippen molar-refractivity contribution in [1.29, 1.82) is 0 Å². The number of sulfonamides is 1. The highest BCUT2D eigenvalue weighted by molar-refractivity contribution is 7.89. The highest BCUT2D eigenvalue weighted by Gasteiger charge is 2.26. The minimum Gasteiger partial charge on any atom is -0.352 e. The Kier molecular flexibility index (Phi) is 8.74. The summed E-state index contributed by atoms with van der Waals surface area (Å²) >= 11 is 0. The monoisotopic (exact) mass is 519 g/mol. The molecule has 0 spiro atoms. The molecular formula is C29H33N3O4S. The molecule has 7 nitrogen and oxygen atoms in total. The van der Waals surface area contributed by atoms with Crippen LogP contribution in [0, 0.1) is 6.92 Å². The number of benzene rings is 3. The van der Waals surface area contributed by atoms with Gasteiger partial charge in [-0.1, -0.05) is 61.4 Å². The van der Waals surface area contributed by atoms with E-state index in [-0.39, 0.29) is 16.4 Å². The van der Waals surface area contributed by atoms with Gasteiger partial charge >= 0.3 is 0 Å². The molecule has 1 fully saturated rings. The third-order valence-corrected chi connectivity index (χ3v) is 8.51. The summed E-state index contributed by atoms with van der Waals surface area (Å²) in [5.41, 5.74) is 2.74. The molecule has 1 aliphatic rings. The van der Waals surface area contributed by atoms with Crippen molar-refractivity contribution in [1.82, 2.24) is 9.62 Å². The first kappa shape index (κ1) is 26.6. The van der Waals surface area contributed by atoms with Gasteiger partial charge in [-0.05, 0) is 61.6 Å². The normalized spacial score (nSPS) is 14.5. The Labute approximate surface area is 218 Å². The summed E-state index contributed by atoms with van der Waals surface area (Å²) in [7, 11) is -3.70. The van der Waals surface area contributed by atoms with E-state index in [1.807, 2.05) is 30.3 Å². The van der Waals surface area contributed by atoms with Gasteiger partial charge in [-0.15, -0.1) is 0 Å². The highest BCUT2D eigenvalue weighted by atomic mass is 32.2. The van der Waals surface area contributed by atoms with Crippen molar-refractivity contribution in [3.05, 3.63) is 95.1 Å². The quantitative estimate of drug-likeness (QED) is 0.448. The first-order valence-corrected chi connectivity index (χ1v) is 14.1. The largest absolute Gasteiger partial charge is 0.352 e. The van der Waals surface area contributed by atoms with Crippen LogP contribution in [0.15, 0.2) is 77.7 Å². The van der Waals surface area contributed by atoms with Crippen LogP contribution in [-0.2, 0) is 16.4 Å². The van der Waals surface area contributed by atoms with Crippen molar-refractivity contribution in [2.24, 2.45) is 0 Å². The summed E-state index contributed by atoms with van der Waals surface area (Å²) in [6.45, 7) is 3.20. The zero-order valence-electron chi connectivity index (χ0n) is 21.1. The number of para-hydroxylation sites is 1. The van der Waals surface area contributed by atoms with Crippen molar-refractivity contribution in [3.8, 4) is 0 Å². The molecule has 0 aromatic heterocycles. The van der Waals surface area contributed by atoms with Gasteiger partial charge in [0.05, 0.1) is 16.1 Å². The molecule has 37 heavy (non-hydrogen) atoms. The smallest absolute Gasteiger partial charge is 0.255 e. The van der Waals surface area contributed by atoms with E-state index in [0.29, 0.717) is 42.9 Å². The maximum absolute atomic E-state index is 13.3. The molecule has 2 amide bonds. The molecule has 0 saturated carbocycles. The minimum absolute atomic E-state index is 0.108. The number of aryl methyl sites for hydroxylation is 1. The maximum Gasteiger partial charge on any atom is 0.255 e. The fourth-order valence-electron chi connectivity index (χ4n) is 4.48. The number of hydrogen-bond donors (Lipinski definition) is 2. The standard InChI is InChI=1S/C29H33N3O4S/c1-22-15-16-24(37(35,36)32-19-9-2-3-10-20-32)21-26(22)29(34)31-27-14-8-7-13-25(27)28(33)30-18-17-23-11-5-4-6-12-23/h4-8,11-16,21H,2-3,9-10,17-20H2,1H3,(H,30,33)(H,31,34). The van der Waals surface area contributed by atoms with Gasteiger partial charge in [-0.25, -0.2) is 8.42 Å². The van der Waals surface area contributed by atoms with Gasteiger partial charge < -0.3 is 10.6 Å². The number of nitrogens with one attached hydrogen (secondary N) is 2. The van der Waals surface area contributed by atoms with Crippen LogP contribution in [-0.4, -0.2) is 44.2 Å². The number of amides is 2. The van der Waals surface area contributed by atoms with Crippen LogP contribution < -0.4 is 10.6 Å². The second-order valence-electron chi connectivity index (χ2n) is 9.29. The van der Waals surface area contributed by atoms with Crippen LogP contribution in [0.4, 0.5) is 5.69 Å². The highest BCUT2D eigenvalue weighted by Crippen LogP contribution is 2.24. The zero-order chi connectivity index (χ0) is 26.3. The van der Waals surface area contributed by atoms with Crippen LogP contribution in [0.2, 0.25) is 0 Å². The molecule has 4 rings (SSSR count). The fourth-order valence-corrected chi connectivity index (χ4v) is 6.02. The molecule has 8 heteroatoms. The van der Waals surface area contributed by atoms with Gasteiger partial charge in [0.2, 0.25) is 10.0 Å². The van der Waals surface area contributed by atoms with Gasteiger partial charge in [0.15, 0.2) is 0 Å². The van der Waals surface area contributed by atoms with E-state index in [0.717, 1.165) is 31.2 Å². The molecule has 2 N–H and O–H groups in total. The van der Waals surface area contributed by atoms with Crippen LogP contribution in [0.5, 0.6) is 0 Å². The summed E-state index contributed by atoms with van der Waals surface area (Å²) in [4.78, 5) is 26.3. The summed E-state index contributed by atoms with van der Waals surface area (Å²) < 4.78 is 28.1. The van der Waals surface area contributed by atoms with Crippen molar-refractivity contribution < 1.29 is 18.0 Å². The number of carbonyl (C=O) groups is 2. The number of carbonyl (C=O) groups excluding carboxylic acids is 2. The van der Waals surface area contributed by atoms with E-state index >= 15 is 0 Å². The number of hydrogen-bond acceptors (Lipinski definition) is 4. The Balaban J connectivity index is 1.49. The molecule has 0 unspecified atom stereocenters. The molecule has 0 aliphatic carbocycles. The number of rotatable bonds is 8. The van der Waals surface area contributed by atoms with Crippen molar-refractivity contribution in [3.63, 3.8) is 0 Å². The molecular weight excluding hydrogens is 486 g/mol. The van der Waals surface area contributed by atoms with Gasteiger partial charge in [0.25, 0.3) is 11.8 Å². The maximum atomic E-state index is 13.3. The Morgan fingerprint density at radius 2 is 1.49 bits per heavy atom. The SMILES string of the molecule is Cc1ccc(S(=O)(=O)N2CCCCCC2)cc1C(=O)Nc1ccccc1C(=O)NCCc1ccccc1. The van der Waals surface area contributed by atoms with Gasteiger partial charge in [0, 0.05) is 25.2 Å². The predicted octanol–water partition coefficient (Wildman–Crippen LogP) is 4.78. The van der Waals surface area contributed by atoms with Crippen LogP contribution in [0.25, 0.3) is 0 Å². The Bertz CT molecular complexity index is 1350. The predicted molar refractivity (Wildman–Crippen MR) is 145 cm³/mol. The average molecular weight is 520 g/mol. The molecule has 3 aromatic carbocycles. The summed E-state index contributed by atoms with van der Waals surface area (Å²) in [6, 6.07) is 21.3. The summed E-state index contributed by atoms with van der Waals surface area (Å²) in [6.07, 6.45) is 4.41. The lowest BCUT2D eigenvalue weighted by atomic mass is 10.1. The van der Waals surface area contributed by atoms with Crippen molar-refractivity contribution in [2.45, 2.75) is 43.9 Å². The average Bonchev–Trinajstić information content (AvgIpc) is 3.20. The van der Waals surface area contributed by atoms with Crippen LogP contribution >= 0.6 is 0 Å². The third kappa shape index (κ3) is 6.64. The van der Waals surface area contributed by atoms with E-state index in [4.69, 9.17) is 0 Å². The summed E-state index contributed by atoms with van der Waals surface area (Å²) in [5.74, 6) is -0.754. The van der Waals surface area contributed by atoms with E-state index < -0.39 is 15.9 Å². The number of nitrogens with zero attached hydrogens (tertiary/aromatic N) is 1. The van der Waals surface area contributed by atoms with E-state index in [2.05, 4.69) is 10.6 Å². The molecule has 194 valence electrons. The van der Waals surface area contributed by atoms with Crippen LogP contribution in [0.3, 0.4) is 0 Å². The fraction of sp³-hybridized carbons (Fsp3) is 0.310. The topological polar surface area (TPSA) is 95.6 Å². The lowest BCUT2D eigenvalue weighted by Gasteiger charge is -2.20. The van der Waals surface area contributed by atoms with Crippen LogP contribution in [0.1, 0.15) is 57.5 Å². The molecule has 3 aromatic rings. The van der Waals surface area contributed by atoms with Crippen molar-refractivity contribution >= 4 is 27.5 Å². The first-order valence-electron chi connectivity index (χ1n) is 12.7. The second kappa shape index (κ2) is 12.2. The zero-order valence-corrected chi connectivity index (χ0v) is 21.9. The first-order chi connectivity index (χ1) is 17.9. The van der Waals surface area contributed by atoms with E-state index in [1.165, 1.54) is 10.4 Å². The lowest BCUT2D eigenvalue weighted by molar-refractivity contribution is 0.0955. The third-order valence-electron chi connectivity index (χ3n) is 6.62. The van der Waals surface area contributed by atoms with Gasteiger partial charge in [0.1, 0.15) is 0 Å². The Hall–Kier alpha value is -3.49. The number of anilines is 1. The van der Waals surface area contributed by atoms with Gasteiger partial charge in [-0.3, -0.25) is 9.59 Å². The summed E-state index contributed by atoms with van der Waals surface area (Å²) in [5, 5.41) is 5.72. The molecule has 0 atom stereocenters. The molecule has 1 saturated heterocycles. The van der Waals surface area contributed by atoms with E-state index in [1.54, 1.807) is 43.3 Å². The minimum atomic E-state index is -3.70. The Morgan fingerprint density at radius 1 is 0.811 bits per heavy atom. The molecule has 1 heterocycles.